The molecule has 5 heteroatoms. The number of nitrogens with one attached hydrogen (secondary N) is 2. The summed E-state index contributed by atoms with van der Waals surface area (Å²) in [6.07, 6.45) is 2.84. The molecule has 0 amide bonds. The van der Waals surface area contributed by atoms with Crippen molar-refractivity contribution in [3.63, 3.8) is 0 Å². The van der Waals surface area contributed by atoms with Gasteiger partial charge in [0.15, 0.2) is 0 Å². The lowest BCUT2D eigenvalue weighted by molar-refractivity contribution is 0.478. The summed E-state index contributed by atoms with van der Waals surface area (Å²) >= 11 is 7.53. The molecule has 0 heterocycles. The van der Waals surface area contributed by atoms with E-state index in [2.05, 4.69) is 16.1 Å². The first-order valence-electron chi connectivity index (χ1n) is 7.16. The lowest BCUT2D eigenvalue weighted by Crippen LogP contribution is -2.16. The van der Waals surface area contributed by atoms with E-state index in [9.17, 15) is 5.11 Å². The van der Waals surface area contributed by atoms with Crippen LogP contribution in [0.4, 0.5) is 5.69 Å². The van der Waals surface area contributed by atoms with Crippen LogP contribution in [0.5, 0.6) is 5.75 Å². The van der Waals surface area contributed by atoms with Gasteiger partial charge in [0.25, 0.3) is 0 Å². The van der Waals surface area contributed by atoms with Gasteiger partial charge in [-0.05, 0) is 60.8 Å². The van der Waals surface area contributed by atoms with Gasteiger partial charge in [-0.2, -0.15) is 0 Å². The zero-order chi connectivity index (χ0) is 15.9. The fourth-order valence-electron chi connectivity index (χ4n) is 2.31. The van der Waals surface area contributed by atoms with E-state index in [1.165, 1.54) is 28.6 Å². The van der Waals surface area contributed by atoms with Gasteiger partial charge in [-0.1, -0.05) is 35.7 Å². The summed E-state index contributed by atoms with van der Waals surface area (Å²) < 4.78 is 3.08. The van der Waals surface area contributed by atoms with Crippen LogP contribution in [-0.2, 0) is 13.0 Å². The van der Waals surface area contributed by atoms with Crippen LogP contribution >= 0.6 is 23.5 Å². The average Bonchev–Trinajstić information content (AvgIpc) is 2.46. The van der Waals surface area contributed by atoms with E-state index in [4.69, 9.17) is 11.6 Å². The Morgan fingerprint density at radius 1 is 1.14 bits per heavy atom. The minimum Gasteiger partial charge on any atom is -0.506 e. The van der Waals surface area contributed by atoms with Gasteiger partial charge in [-0.3, -0.25) is 0 Å². The Balaban J connectivity index is 1.84. The molecule has 0 atom stereocenters. The number of hydrogen-bond acceptors (Lipinski definition) is 4. The highest BCUT2D eigenvalue weighted by Crippen LogP contribution is 2.26. The number of hydrogen-bond donors (Lipinski definition) is 3. The molecule has 0 bridgehead atoms. The van der Waals surface area contributed by atoms with Crippen LogP contribution in [0.15, 0.2) is 36.4 Å². The van der Waals surface area contributed by atoms with Gasteiger partial charge >= 0.3 is 0 Å². The van der Waals surface area contributed by atoms with E-state index in [0.29, 0.717) is 0 Å². The van der Waals surface area contributed by atoms with E-state index < -0.39 is 0 Å². The van der Waals surface area contributed by atoms with E-state index in [0.717, 1.165) is 30.2 Å². The molecule has 0 spiro atoms. The van der Waals surface area contributed by atoms with Crippen LogP contribution in [0, 0.1) is 6.92 Å². The first-order chi connectivity index (χ1) is 10.6. The Hall–Kier alpha value is -1.36. The van der Waals surface area contributed by atoms with Crippen molar-refractivity contribution in [3.8, 4) is 5.75 Å². The summed E-state index contributed by atoms with van der Waals surface area (Å²) in [6, 6.07) is 11.8. The van der Waals surface area contributed by atoms with Gasteiger partial charge in [0.1, 0.15) is 5.75 Å². The van der Waals surface area contributed by atoms with Crippen molar-refractivity contribution in [2.75, 3.05) is 17.5 Å². The number of aromatic hydroxyl groups is 1. The van der Waals surface area contributed by atoms with Gasteiger partial charge in [0.05, 0.1) is 5.69 Å². The first-order valence-corrected chi connectivity index (χ1v) is 8.76. The quantitative estimate of drug-likeness (QED) is 0.399. The summed E-state index contributed by atoms with van der Waals surface area (Å²) in [6.45, 7) is 3.72. The smallest absolute Gasteiger partial charge is 0.139 e. The maximum Gasteiger partial charge on any atom is 0.139 e. The molecule has 0 radical (unpaired) electrons. The van der Waals surface area contributed by atoms with Gasteiger partial charge in [-0.15, -0.1) is 0 Å². The van der Waals surface area contributed by atoms with E-state index in [1.54, 1.807) is 6.07 Å². The van der Waals surface area contributed by atoms with Gasteiger partial charge in [0, 0.05) is 17.8 Å². The molecule has 0 saturated heterocycles. The third kappa shape index (κ3) is 5.13. The number of phenolic OH excluding ortho intramolecular Hbond substituents is 1. The Labute approximate surface area is 141 Å². The Bertz CT molecular complexity index is 614. The van der Waals surface area contributed by atoms with Crippen molar-refractivity contribution in [2.24, 2.45) is 0 Å². The SMILES string of the molecule is CSNc1cc(CCNCc2cc(C)cc(Cl)c2)ccc1O. The molecule has 2 rings (SSSR count). The molecule has 0 aliphatic heterocycles. The van der Waals surface area contributed by atoms with E-state index in [1.807, 2.05) is 37.4 Å². The molecule has 0 saturated carbocycles. The predicted molar refractivity (Wildman–Crippen MR) is 96.8 cm³/mol. The van der Waals surface area contributed by atoms with Crippen LogP contribution in [0.3, 0.4) is 0 Å². The molecule has 3 nitrogen and oxygen atoms in total. The molecule has 22 heavy (non-hydrogen) atoms. The molecule has 3 N–H and O–H groups in total. The van der Waals surface area contributed by atoms with Crippen LogP contribution < -0.4 is 10.0 Å². The third-order valence-corrected chi connectivity index (χ3v) is 3.94. The summed E-state index contributed by atoms with van der Waals surface area (Å²) in [5.74, 6) is 0.278. The van der Waals surface area contributed by atoms with Crippen LogP contribution in [0.25, 0.3) is 0 Å². The van der Waals surface area contributed by atoms with Gasteiger partial charge in [0.2, 0.25) is 0 Å². The fourth-order valence-corrected chi connectivity index (χ4v) is 3.01. The summed E-state index contributed by atoms with van der Waals surface area (Å²) in [5, 5.41) is 13.9. The fraction of sp³-hybridized carbons (Fsp3) is 0.294. The maximum atomic E-state index is 9.73. The van der Waals surface area contributed by atoms with Crippen molar-refractivity contribution in [1.29, 1.82) is 0 Å². The monoisotopic (exact) mass is 336 g/mol. The van der Waals surface area contributed by atoms with Gasteiger partial charge < -0.3 is 15.1 Å². The largest absolute Gasteiger partial charge is 0.506 e. The van der Waals surface area contributed by atoms with Crippen molar-refractivity contribution >= 4 is 29.2 Å². The Morgan fingerprint density at radius 3 is 2.68 bits per heavy atom. The molecule has 118 valence electrons. The second-order valence-corrected chi connectivity index (χ2v) is 6.27. The van der Waals surface area contributed by atoms with E-state index >= 15 is 0 Å². The predicted octanol–water partition coefficient (Wildman–Crippen LogP) is 4.38. The molecule has 0 fully saturated rings. The van der Waals surface area contributed by atoms with Crippen molar-refractivity contribution in [1.82, 2.24) is 5.32 Å². The number of halogens is 1. The lowest BCUT2D eigenvalue weighted by Gasteiger charge is -2.09. The van der Waals surface area contributed by atoms with Crippen molar-refractivity contribution < 1.29 is 5.11 Å². The van der Waals surface area contributed by atoms with Crippen LogP contribution in [-0.4, -0.2) is 17.9 Å². The number of anilines is 1. The Kier molecular flexibility index (Phi) is 6.43. The number of phenols is 1. The standard InChI is InChI=1S/C17H21ClN2OS/c1-12-7-14(9-15(18)8-12)11-19-6-5-13-3-4-17(21)16(10-13)20-22-2/h3-4,7-10,19-21H,5-6,11H2,1-2H3. The highest BCUT2D eigenvalue weighted by atomic mass is 35.5. The lowest BCUT2D eigenvalue weighted by atomic mass is 10.1. The second kappa shape index (κ2) is 8.32. The molecule has 0 aromatic heterocycles. The van der Waals surface area contributed by atoms with Gasteiger partial charge in [-0.25, -0.2) is 0 Å². The first kappa shape index (κ1) is 17.0. The molecule has 0 unspecified atom stereocenters. The summed E-state index contributed by atoms with van der Waals surface area (Å²) in [5.41, 5.74) is 4.32. The zero-order valence-electron chi connectivity index (χ0n) is 12.8. The van der Waals surface area contributed by atoms with Crippen LogP contribution in [0.2, 0.25) is 5.02 Å². The minimum atomic E-state index is 0.278. The van der Waals surface area contributed by atoms with Crippen molar-refractivity contribution in [3.05, 3.63) is 58.1 Å². The second-order valence-electron chi connectivity index (χ2n) is 5.22. The van der Waals surface area contributed by atoms with E-state index in [-0.39, 0.29) is 5.75 Å². The normalized spacial score (nSPS) is 10.7. The molecular weight excluding hydrogens is 316 g/mol. The zero-order valence-corrected chi connectivity index (χ0v) is 14.4. The molecule has 0 aliphatic rings. The molecule has 2 aromatic rings. The third-order valence-electron chi connectivity index (χ3n) is 3.29. The highest BCUT2D eigenvalue weighted by molar-refractivity contribution is 7.99. The van der Waals surface area contributed by atoms with Crippen LogP contribution in [0.1, 0.15) is 16.7 Å². The van der Waals surface area contributed by atoms with Crippen molar-refractivity contribution in [2.45, 2.75) is 19.9 Å². The minimum absolute atomic E-state index is 0.278. The summed E-state index contributed by atoms with van der Waals surface area (Å²) in [4.78, 5) is 0. The molecule has 2 aromatic carbocycles. The maximum absolute atomic E-state index is 9.73. The highest BCUT2D eigenvalue weighted by Gasteiger charge is 2.02. The number of benzene rings is 2. The molecular formula is C17H21ClN2OS. The topological polar surface area (TPSA) is 44.3 Å². The average molecular weight is 337 g/mol. The Morgan fingerprint density at radius 2 is 1.95 bits per heavy atom. The summed E-state index contributed by atoms with van der Waals surface area (Å²) in [7, 11) is 0. The molecule has 0 aliphatic carbocycles. The number of rotatable bonds is 7. The number of aryl methyl sites for hydroxylation is 1.